The largest absolute Gasteiger partial charge is 0.481 e. The monoisotopic (exact) mass is 253 g/mol. The van der Waals surface area contributed by atoms with E-state index >= 15 is 0 Å². The van der Waals surface area contributed by atoms with Crippen LogP contribution < -0.4 is 0 Å². The van der Waals surface area contributed by atoms with Gasteiger partial charge in [0.05, 0.1) is 0 Å². The number of carboxylic acid groups (broad SMARTS) is 1. The van der Waals surface area contributed by atoms with Crippen LogP contribution in [0.4, 0.5) is 3.89 Å². The molecule has 0 aromatic carbocycles. The summed E-state index contributed by atoms with van der Waals surface area (Å²) in [6.45, 7) is -0.0333. The molecule has 1 saturated heterocycles. The van der Waals surface area contributed by atoms with E-state index in [2.05, 4.69) is 0 Å². The smallest absolute Gasteiger partial charge is 0.307 e. The first-order chi connectivity index (χ1) is 7.30. The fraction of sp³-hybridized carbons (Fsp3) is 0.750. The summed E-state index contributed by atoms with van der Waals surface area (Å²) in [5.74, 6) is -1.43. The number of nitrogens with zero attached hydrogens (tertiary/aromatic N) is 1. The Kier molecular flexibility index (Phi) is 3.84. The van der Waals surface area contributed by atoms with Crippen LogP contribution in [-0.4, -0.2) is 48.6 Å². The molecule has 0 aromatic heterocycles. The minimum absolute atomic E-state index is 0.100. The minimum atomic E-state index is -4.69. The normalized spacial score (nSPS) is 21.4. The number of likely N-dealkylation sites (tertiary alicyclic amines) is 1. The highest BCUT2D eigenvalue weighted by Crippen LogP contribution is 2.19. The molecule has 0 aliphatic carbocycles. The molecule has 1 unspecified atom stereocenters. The maximum absolute atomic E-state index is 12.6. The summed E-state index contributed by atoms with van der Waals surface area (Å²) in [5, 5.41) is 7.07. The van der Waals surface area contributed by atoms with E-state index in [9.17, 15) is 21.9 Å². The number of hydrogen-bond donors (Lipinski definition) is 1. The number of hydrogen-bond acceptors (Lipinski definition) is 4. The second-order valence-electron chi connectivity index (χ2n) is 3.64. The van der Waals surface area contributed by atoms with E-state index in [4.69, 9.17) is 5.11 Å². The quantitative estimate of drug-likeness (QED) is 0.682. The van der Waals surface area contributed by atoms with Gasteiger partial charge in [0.15, 0.2) is 0 Å². The molecule has 16 heavy (non-hydrogen) atoms. The average Bonchev–Trinajstić information content (AvgIpc) is 2.46. The first kappa shape index (κ1) is 12.9. The topological polar surface area (TPSA) is 91.8 Å². The molecule has 1 aliphatic rings. The Bertz CT molecular complexity index is 393. The van der Waals surface area contributed by atoms with Crippen LogP contribution >= 0.6 is 0 Å². The zero-order valence-electron chi connectivity index (χ0n) is 8.43. The molecule has 0 bridgehead atoms. The Morgan fingerprint density at radius 3 is 2.62 bits per heavy atom. The van der Waals surface area contributed by atoms with Crippen LogP contribution in [0.3, 0.4) is 0 Å². The van der Waals surface area contributed by atoms with Crippen LogP contribution in [0.15, 0.2) is 0 Å². The third kappa shape index (κ3) is 3.44. The van der Waals surface area contributed by atoms with Crippen molar-refractivity contribution in [2.45, 2.75) is 24.5 Å². The van der Waals surface area contributed by atoms with Gasteiger partial charge in [-0.2, -0.15) is 8.42 Å². The van der Waals surface area contributed by atoms with Crippen molar-refractivity contribution in [2.24, 2.45) is 0 Å². The average molecular weight is 253 g/mol. The van der Waals surface area contributed by atoms with Gasteiger partial charge in [-0.15, -0.1) is 3.89 Å². The maximum Gasteiger partial charge on any atom is 0.307 e. The number of halogens is 1. The molecule has 0 spiro atoms. The van der Waals surface area contributed by atoms with Crippen molar-refractivity contribution in [2.75, 3.05) is 13.1 Å². The fourth-order valence-corrected chi connectivity index (χ4v) is 2.26. The molecule has 0 aromatic rings. The summed E-state index contributed by atoms with van der Waals surface area (Å²) >= 11 is 0. The highest BCUT2D eigenvalue weighted by Gasteiger charge is 2.37. The lowest BCUT2D eigenvalue weighted by Gasteiger charge is -2.14. The molecule has 1 heterocycles. The van der Waals surface area contributed by atoms with Crippen molar-refractivity contribution in [3.05, 3.63) is 0 Å². The Morgan fingerprint density at radius 1 is 1.56 bits per heavy atom. The van der Waals surface area contributed by atoms with Crippen LogP contribution in [0.5, 0.6) is 0 Å². The lowest BCUT2D eigenvalue weighted by molar-refractivity contribution is -0.137. The summed E-state index contributed by atoms with van der Waals surface area (Å²) in [6, 6.07) is 0. The van der Waals surface area contributed by atoms with Crippen LogP contribution in [0.25, 0.3) is 0 Å². The molecule has 92 valence electrons. The van der Waals surface area contributed by atoms with E-state index in [0.29, 0.717) is 0 Å². The third-order valence-corrected chi connectivity index (χ3v) is 3.51. The Hall–Kier alpha value is -1.18. The van der Waals surface area contributed by atoms with Gasteiger partial charge in [-0.1, -0.05) is 0 Å². The summed E-state index contributed by atoms with van der Waals surface area (Å²) < 4.78 is 33.7. The zero-order chi connectivity index (χ0) is 12.3. The van der Waals surface area contributed by atoms with Gasteiger partial charge in [-0.05, 0) is 6.42 Å². The van der Waals surface area contributed by atoms with Crippen molar-refractivity contribution in [1.29, 1.82) is 0 Å². The Morgan fingerprint density at radius 2 is 2.19 bits per heavy atom. The predicted octanol–water partition coefficient (Wildman–Crippen LogP) is -0.249. The van der Waals surface area contributed by atoms with Gasteiger partial charge in [0, 0.05) is 25.9 Å². The SMILES string of the molecule is O=C(O)CCCN1CC(S(=O)(=O)F)CC1=O. The van der Waals surface area contributed by atoms with Gasteiger partial charge in [0.25, 0.3) is 0 Å². The molecular formula is C8H12FNO5S. The molecule has 0 saturated carbocycles. The van der Waals surface area contributed by atoms with E-state index in [-0.39, 0.29) is 32.4 Å². The number of aliphatic carboxylic acids is 1. The van der Waals surface area contributed by atoms with Crippen molar-refractivity contribution in [3.8, 4) is 0 Å². The molecule has 1 N–H and O–H groups in total. The molecule has 8 heteroatoms. The van der Waals surface area contributed by atoms with E-state index in [1.54, 1.807) is 0 Å². The Balaban J connectivity index is 2.46. The third-order valence-electron chi connectivity index (χ3n) is 2.40. The molecule has 1 amide bonds. The van der Waals surface area contributed by atoms with Gasteiger partial charge in [0.1, 0.15) is 5.25 Å². The van der Waals surface area contributed by atoms with Gasteiger partial charge < -0.3 is 10.0 Å². The molecular weight excluding hydrogens is 241 g/mol. The second kappa shape index (κ2) is 4.77. The summed E-state index contributed by atoms with van der Waals surface area (Å²) in [4.78, 5) is 22.7. The zero-order valence-corrected chi connectivity index (χ0v) is 9.24. The molecule has 1 fully saturated rings. The van der Waals surface area contributed by atoms with Gasteiger partial charge in [-0.3, -0.25) is 9.59 Å². The van der Waals surface area contributed by atoms with Crippen molar-refractivity contribution >= 4 is 22.1 Å². The Labute approximate surface area is 92.3 Å². The number of rotatable bonds is 5. The predicted molar refractivity (Wildman–Crippen MR) is 51.9 cm³/mol. The maximum atomic E-state index is 12.6. The highest BCUT2D eigenvalue weighted by atomic mass is 32.3. The van der Waals surface area contributed by atoms with E-state index in [0.717, 1.165) is 0 Å². The van der Waals surface area contributed by atoms with Gasteiger partial charge >= 0.3 is 16.2 Å². The lowest BCUT2D eigenvalue weighted by atomic mass is 10.3. The van der Waals surface area contributed by atoms with Crippen LogP contribution in [0, 0.1) is 0 Å². The molecule has 1 aliphatic heterocycles. The van der Waals surface area contributed by atoms with Crippen LogP contribution in [0.2, 0.25) is 0 Å². The second-order valence-corrected chi connectivity index (χ2v) is 5.26. The van der Waals surface area contributed by atoms with Crippen molar-refractivity contribution < 1.29 is 27.0 Å². The summed E-state index contributed by atoms with van der Waals surface area (Å²) in [7, 11) is -4.69. The van der Waals surface area contributed by atoms with Crippen LogP contribution in [0.1, 0.15) is 19.3 Å². The van der Waals surface area contributed by atoms with Crippen molar-refractivity contribution in [1.82, 2.24) is 4.90 Å². The number of amides is 1. The molecule has 1 atom stereocenters. The molecule has 1 rings (SSSR count). The summed E-state index contributed by atoms with van der Waals surface area (Å²) in [5.41, 5.74) is 0. The number of carboxylic acids is 1. The molecule has 0 radical (unpaired) electrons. The van der Waals surface area contributed by atoms with E-state index < -0.39 is 27.3 Å². The van der Waals surface area contributed by atoms with E-state index in [1.807, 2.05) is 0 Å². The fourth-order valence-electron chi connectivity index (χ4n) is 1.56. The minimum Gasteiger partial charge on any atom is -0.481 e. The highest BCUT2D eigenvalue weighted by molar-refractivity contribution is 7.87. The van der Waals surface area contributed by atoms with Gasteiger partial charge in [0.2, 0.25) is 5.91 Å². The lowest BCUT2D eigenvalue weighted by Crippen LogP contribution is -2.28. The standard InChI is InChI=1S/C8H12FNO5S/c9-16(14,15)6-4-7(11)10(5-6)3-1-2-8(12)13/h6H,1-5H2,(H,12,13). The van der Waals surface area contributed by atoms with E-state index in [1.165, 1.54) is 4.90 Å². The van der Waals surface area contributed by atoms with Crippen LogP contribution in [-0.2, 0) is 19.8 Å². The molecule has 6 nitrogen and oxygen atoms in total. The van der Waals surface area contributed by atoms with Gasteiger partial charge in [-0.25, -0.2) is 0 Å². The van der Waals surface area contributed by atoms with Crippen molar-refractivity contribution in [3.63, 3.8) is 0 Å². The number of carbonyl (C=O) groups excluding carboxylic acids is 1. The number of carbonyl (C=O) groups is 2. The first-order valence-electron chi connectivity index (χ1n) is 4.73. The summed E-state index contributed by atoms with van der Waals surface area (Å²) in [6.07, 6.45) is -0.219. The first-order valence-corrected chi connectivity index (χ1v) is 6.18.